The second kappa shape index (κ2) is 11.8. The molecule has 6 heterocycles. The third-order valence-electron chi connectivity index (χ3n) is 7.83. The Morgan fingerprint density at radius 1 is 1.20 bits per heavy atom. The lowest BCUT2D eigenvalue weighted by Crippen LogP contribution is -2.33. The van der Waals surface area contributed by atoms with E-state index < -0.39 is 11.6 Å². The number of halogens is 1. The molecule has 1 unspecified atom stereocenters. The number of aromatic nitrogens is 6. The van der Waals surface area contributed by atoms with Gasteiger partial charge in [0.25, 0.3) is 0 Å². The number of H-pyrrole nitrogens is 1. The van der Waals surface area contributed by atoms with Gasteiger partial charge in [0.2, 0.25) is 5.88 Å². The van der Waals surface area contributed by atoms with Crippen LogP contribution in [-0.2, 0) is 24.4 Å². The van der Waals surface area contributed by atoms with Gasteiger partial charge in [0.05, 0.1) is 36.5 Å². The van der Waals surface area contributed by atoms with Crippen LogP contribution in [0.1, 0.15) is 35.5 Å². The number of fused-ring (bicyclic) bond motifs is 1. The molecule has 1 saturated heterocycles. The highest BCUT2D eigenvalue weighted by atomic mass is 19.1. The number of benzene rings is 1. The van der Waals surface area contributed by atoms with Crippen molar-refractivity contribution in [2.24, 2.45) is 0 Å². The van der Waals surface area contributed by atoms with E-state index in [2.05, 4.69) is 40.2 Å². The van der Waals surface area contributed by atoms with Gasteiger partial charge in [0.1, 0.15) is 23.8 Å². The summed E-state index contributed by atoms with van der Waals surface area (Å²) in [5.74, 6) is 0.490. The summed E-state index contributed by atoms with van der Waals surface area (Å²) in [5.41, 5.74) is 4.63. The molecule has 1 N–H and O–H groups in total. The van der Waals surface area contributed by atoms with Crippen molar-refractivity contribution in [1.82, 2.24) is 34.6 Å². The monoisotopic (exact) mass is 594 g/mol. The molecule has 1 atom stereocenters. The molecule has 0 aliphatic carbocycles. The van der Waals surface area contributed by atoms with Crippen LogP contribution < -0.4 is 10.5 Å². The van der Waals surface area contributed by atoms with E-state index in [1.54, 1.807) is 24.4 Å². The average Bonchev–Trinajstić information content (AvgIpc) is 3.61. The lowest BCUT2D eigenvalue weighted by atomic mass is 10.0. The lowest BCUT2D eigenvalue weighted by molar-refractivity contribution is -0.0592. The number of nitriles is 1. The fourth-order valence-corrected chi connectivity index (χ4v) is 5.33. The summed E-state index contributed by atoms with van der Waals surface area (Å²) in [5, 5.41) is 12.7. The molecule has 4 aromatic heterocycles. The van der Waals surface area contributed by atoms with E-state index in [0.29, 0.717) is 48.0 Å². The highest BCUT2D eigenvalue weighted by Gasteiger charge is 2.24. The molecule has 222 valence electrons. The Morgan fingerprint density at radius 3 is 2.84 bits per heavy atom. The largest absolute Gasteiger partial charge is 0.473 e. The number of imidazole rings is 1. The van der Waals surface area contributed by atoms with Crippen molar-refractivity contribution < 1.29 is 18.4 Å². The molecule has 1 fully saturated rings. The number of ether oxygens (including phenoxy) is 2. The van der Waals surface area contributed by atoms with Crippen molar-refractivity contribution in [3.63, 3.8) is 0 Å². The van der Waals surface area contributed by atoms with Crippen molar-refractivity contribution >= 4 is 16.7 Å². The van der Waals surface area contributed by atoms with Gasteiger partial charge in [-0.15, -0.1) is 0 Å². The number of nitrogens with one attached hydrogen (secondary N) is 1. The van der Waals surface area contributed by atoms with Gasteiger partial charge in [-0.1, -0.05) is 23.4 Å². The van der Waals surface area contributed by atoms with Crippen LogP contribution in [0, 0.1) is 17.1 Å². The molecule has 0 radical (unpaired) electrons. The maximum Gasteiger partial charge on any atom is 0.439 e. The molecule has 7 rings (SSSR count). The van der Waals surface area contributed by atoms with E-state index in [9.17, 15) is 9.18 Å². The first-order valence-electron chi connectivity index (χ1n) is 14.3. The van der Waals surface area contributed by atoms with E-state index >= 15 is 0 Å². The summed E-state index contributed by atoms with van der Waals surface area (Å²) >= 11 is 0. The van der Waals surface area contributed by atoms with Crippen molar-refractivity contribution in [2.75, 3.05) is 19.7 Å². The molecular weight excluding hydrogens is 567 g/mol. The third-order valence-corrected chi connectivity index (χ3v) is 7.83. The maximum absolute atomic E-state index is 14.3. The van der Waals surface area contributed by atoms with Crippen molar-refractivity contribution in [3.05, 3.63) is 93.8 Å². The SMILES string of the molecule is N#Cc1ccc(COc2cccc(C3=CCN(Cc4nc5cc(-c6noc(=O)[nH]6)cnc5n4CC4CCO4)CC3)n2)c(F)c1. The van der Waals surface area contributed by atoms with Crippen molar-refractivity contribution in [2.45, 2.75) is 38.6 Å². The topological polar surface area (TPSA) is 148 Å². The van der Waals surface area contributed by atoms with Crippen molar-refractivity contribution in [1.29, 1.82) is 5.26 Å². The number of nitrogens with zero attached hydrogens (tertiary/aromatic N) is 7. The second-order valence-corrected chi connectivity index (χ2v) is 10.7. The van der Waals surface area contributed by atoms with E-state index in [0.717, 1.165) is 48.7 Å². The summed E-state index contributed by atoms with van der Waals surface area (Å²) < 4.78 is 32.5. The molecule has 12 nitrogen and oxygen atoms in total. The molecule has 0 amide bonds. The predicted molar refractivity (Wildman–Crippen MR) is 156 cm³/mol. The first-order chi connectivity index (χ1) is 21.5. The van der Waals surface area contributed by atoms with Gasteiger partial charge in [-0.3, -0.25) is 14.4 Å². The predicted octanol–water partition coefficient (Wildman–Crippen LogP) is 3.84. The zero-order valence-corrected chi connectivity index (χ0v) is 23.6. The van der Waals surface area contributed by atoms with Gasteiger partial charge in [-0.25, -0.2) is 24.1 Å². The molecule has 1 aromatic carbocycles. The Bertz CT molecular complexity index is 1970. The van der Waals surface area contributed by atoms with Crippen LogP contribution in [0.3, 0.4) is 0 Å². The Labute approximate surface area is 250 Å². The molecule has 13 heteroatoms. The highest BCUT2D eigenvalue weighted by Crippen LogP contribution is 2.27. The fraction of sp³-hybridized carbons (Fsp3) is 0.290. The second-order valence-electron chi connectivity index (χ2n) is 10.7. The molecule has 0 bridgehead atoms. The van der Waals surface area contributed by atoms with Crippen LogP contribution in [-0.4, -0.2) is 60.4 Å². The molecule has 44 heavy (non-hydrogen) atoms. The van der Waals surface area contributed by atoms with Crippen LogP contribution in [0.15, 0.2) is 64.1 Å². The summed E-state index contributed by atoms with van der Waals surface area (Å²) in [6.07, 6.45) is 5.72. The summed E-state index contributed by atoms with van der Waals surface area (Å²) in [6.45, 7) is 3.57. The molecule has 2 aliphatic rings. The number of hydrogen-bond acceptors (Lipinski definition) is 10. The first-order valence-corrected chi connectivity index (χ1v) is 14.3. The van der Waals surface area contributed by atoms with Crippen LogP contribution in [0.4, 0.5) is 4.39 Å². The van der Waals surface area contributed by atoms with E-state index in [-0.39, 0.29) is 18.3 Å². The van der Waals surface area contributed by atoms with E-state index in [1.807, 2.05) is 24.3 Å². The average molecular weight is 595 g/mol. The summed E-state index contributed by atoms with van der Waals surface area (Å²) in [4.78, 5) is 30.5. The quantitative estimate of drug-likeness (QED) is 0.267. The Kier molecular flexibility index (Phi) is 7.43. The normalized spacial score (nSPS) is 16.8. The Morgan fingerprint density at radius 2 is 2.11 bits per heavy atom. The molecular formula is C31H27FN8O4. The zero-order valence-electron chi connectivity index (χ0n) is 23.6. The third kappa shape index (κ3) is 5.72. The van der Waals surface area contributed by atoms with Gasteiger partial charge < -0.3 is 14.0 Å². The maximum atomic E-state index is 14.3. The highest BCUT2D eigenvalue weighted by molar-refractivity contribution is 5.77. The first kappa shape index (κ1) is 27.6. The molecule has 0 saturated carbocycles. The minimum atomic E-state index is -0.626. The van der Waals surface area contributed by atoms with Gasteiger partial charge in [-0.2, -0.15) is 5.26 Å². The van der Waals surface area contributed by atoms with Crippen LogP contribution in [0.25, 0.3) is 28.1 Å². The molecule has 0 spiro atoms. The Balaban J connectivity index is 1.05. The number of hydrogen-bond donors (Lipinski definition) is 1. The molecule has 2 aliphatic heterocycles. The van der Waals surface area contributed by atoms with E-state index in [4.69, 9.17) is 19.7 Å². The number of aromatic amines is 1. The lowest BCUT2D eigenvalue weighted by Gasteiger charge is -2.29. The van der Waals surface area contributed by atoms with Gasteiger partial charge in [-0.05, 0) is 42.7 Å². The molecule has 5 aromatic rings. The van der Waals surface area contributed by atoms with Crippen LogP contribution in [0.5, 0.6) is 5.88 Å². The van der Waals surface area contributed by atoms with Gasteiger partial charge >= 0.3 is 5.76 Å². The fourth-order valence-electron chi connectivity index (χ4n) is 5.33. The number of rotatable bonds is 9. The smallest absolute Gasteiger partial charge is 0.439 e. The van der Waals surface area contributed by atoms with Gasteiger partial charge in [0.15, 0.2) is 11.5 Å². The van der Waals surface area contributed by atoms with E-state index in [1.165, 1.54) is 6.07 Å². The standard InChI is InChI=1S/C31H27FN8O4/c32-24-12-19(14-33)4-5-21(24)18-43-28-3-1-2-25(36-28)20-6-9-39(10-7-20)17-27-35-26-13-22(29-37-31(41)44-38-29)15-34-30(26)40(27)16-23-8-11-42-23/h1-6,12-13,15,23H,7-11,16-18H2,(H,37,38,41). The minimum absolute atomic E-state index is 0.0145. The zero-order chi connectivity index (χ0) is 30.0. The van der Waals surface area contributed by atoms with Crippen molar-refractivity contribution in [3.8, 4) is 23.3 Å². The number of pyridine rings is 2. The van der Waals surface area contributed by atoms with Crippen LogP contribution in [0.2, 0.25) is 0 Å². The van der Waals surface area contributed by atoms with Crippen LogP contribution >= 0.6 is 0 Å². The summed E-state index contributed by atoms with van der Waals surface area (Å²) in [7, 11) is 0. The summed E-state index contributed by atoms with van der Waals surface area (Å²) in [6, 6.07) is 13.7. The van der Waals surface area contributed by atoms with Gasteiger partial charge in [0, 0.05) is 43.1 Å². The minimum Gasteiger partial charge on any atom is -0.473 e. The Hall–Kier alpha value is -5.19.